The number of nitrogens with one attached hydrogen (secondary N) is 1. The van der Waals surface area contributed by atoms with E-state index >= 15 is 0 Å². The number of benzene rings is 1. The monoisotopic (exact) mass is 287 g/mol. The molecule has 1 heterocycles. The third-order valence-electron chi connectivity index (χ3n) is 3.38. The van der Waals surface area contributed by atoms with Gasteiger partial charge in [0.25, 0.3) is 0 Å². The van der Waals surface area contributed by atoms with Gasteiger partial charge < -0.3 is 10.1 Å². The van der Waals surface area contributed by atoms with Crippen LogP contribution in [-0.4, -0.2) is 19.2 Å². The summed E-state index contributed by atoms with van der Waals surface area (Å²) in [5.41, 5.74) is 0. The van der Waals surface area contributed by atoms with Crippen LogP contribution in [0, 0.1) is 11.8 Å². The molecular weight excluding hydrogens is 269 g/mol. The molecule has 0 amide bonds. The number of halogens is 2. The Morgan fingerprint density at radius 1 is 1.33 bits per heavy atom. The second-order valence-electron chi connectivity index (χ2n) is 5.15. The van der Waals surface area contributed by atoms with E-state index in [1.165, 1.54) is 0 Å². The molecule has 100 valence electrons. The molecule has 18 heavy (non-hydrogen) atoms. The summed E-state index contributed by atoms with van der Waals surface area (Å²) in [5, 5.41) is 4.60. The van der Waals surface area contributed by atoms with Crippen molar-refractivity contribution in [2.45, 2.75) is 26.4 Å². The fourth-order valence-electron chi connectivity index (χ4n) is 2.45. The molecule has 0 spiro atoms. The van der Waals surface area contributed by atoms with Gasteiger partial charge >= 0.3 is 0 Å². The lowest BCUT2D eigenvalue weighted by Gasteiger charge is -2.28. The first-order valence-electron chi connectivity index (χ1n) is 6.40. The topological polar surface area (TPSA) is 21.3 Å². The molecule has 1 aliphatic heterocycles. The van der Waals surface area contributed by atoms with Gasteiger partial charge in [0.15, 0.2) is 0 Å². The van der Waals surface area contributed by atoms with Crippen LogP contribution in [0.5, 0.6) is 5.75 Å². The standard InChI is InChI=1S/C14H19Cl2NO/c1-9(2)14(10-5-6-17-8-10)18-13-4-3-11(15)7-12(13)16/h3-4,7,9-10,14,17H,5-6,8H2,1-2H3/t10?,14-/m1/s1. The van der Waals surface area contributed by atoms with Crippen molar-refractivity contribution in [3.8, 4) is 5.75 Å². The lowest BCUT2D eigenvalue weighted by molar-refractivity contribution is 0.0974. The predicted molar refractivity (Wildman–Crippen MR) is 76.7 cm³/mol. The first-order chi connectivity index (χ1) is 8.58. The van der Waals surface area contributed by atoms with E-state index in [2.05, 4.69) is 19.2 Å². The number of rotatable bonds is 4. The van der Waals surface area contributed by atoms with Crippen LogP contribution in [0.3, 0.4) is 0 Å². The van der Waals surface area contributed by atoms with Crippen molar-refractivity contribution in [2.75, 3.05) is 13.1 Å². The van der Waals surface area contributed by atoms with Crippen molar-refractivity contribution >= 4 is 23.2 Å². The summed E-state index contributed by atoms with van der Waals surface area (Å²) in [4.78, 5) is 0. The summed E-state index contributed by atoms with van der Waals surface area (Å²) in [7, 11) is 0. The molecular formula is C14H19Cl2NO. The summed E-state index contributed by atoms with van der Waals surface area (Å²) in [6.07, 6.45) is 1.35. The van der Waals surface area contributed by atoms with E-state index in [0.717, 1.165) is 25.3 Å². The van der Waals surface area contributed by atoms with Crippen LogP contribution in [0.1, 0.15) is 20.3 Å². The molecule has 1 aliphatic rings. The molecule has 4 heteroatoms. The molecule has 0 aliphatic carbocycles. The summed E-state index contributed by atoms with van der Waals surface area (Å²) in [6.45, 7) is 6.47. The van der Waals surface area contributed by atoms with Gasteiger partial charge in [0.05, 0.1) is 5.02 Å². The third kappa shape index (κ3) is 3.31. The van der Waals surface area contributed by atoms with Gasteiger partial charge in [-0.1, -0.05) is 37.0 Å². The molecule has 0 bridgehead atoms. The maximum absolute atomic E-state index is 6.16. The SMILES string of the molecule is CC(C)[C@@H](Oc1ccc(Cl)cc1Cl)C1CCNC1. The molecule has 2 atom stereocenters. The van der Waals surface area contributed by atoms with E-state index in [4.69, 9.17) is 27.9 Å². The Labute approximate surface area is 119 Å². The van der Waals surface area contributed by atoms with E-state index in [-0.39, 0.29) is 6.10 Å². The first-order valence-corrected chi connectivity index (χ1v) is 7.16. The molecule has 1 aromatic rings. The fraction of sp³-hybridized carbons (Fsp3) is 0.571. The predicted octanol–water partition coefficient (Wildman–Crippen LogP) is 4.01. The number of hydrogen-bond acceptors (Lipinski definition) is 2. The highest BCUT2D eigenvalue weighted by Crippen LogP contribution is 2.32. The minimum Gasteiger partial charge on any atom is -0.488 e. The van der Waals surface area contributed by atoms with E-state index in [0.29, 0.717) is 21.9 Å². The first kappa shape index (κ1) is 14.0. The van der Waals surface area contributed by atoms with Crippen LogP contribution < -0.4 is 10.1 Å². The normalized spacial score (nSPS) is 21.3. The van der Waals surface area contributed by atoms with Crippen LogP contribution in [0.25, 0.3) is 0 Å². The molecule has 0 aromatic heterocycles. The summed E-state index contributed by atoms with van der Waals surface area (Å²) >= 11 is 12.1. The zero-order valence-electron chi connectivity index (χ0n) is 10.7. The summed E-state index contributed by atoms with van der Waals surface area (Å²) in [6, 6.07) is 5.39. The molecule has 2 nitrogen and oxygen atoms in total. The van der Waals surface area contributed by atoms with Crippen LogP contribution >= 0.6 is 23.2 Å². The second-order valence-corrected chi connectivity index (χ2v) is 6.00. The minimum absolute atomic E-state index is 0.193. The quantitative estimate of drug-likeness (QED) is 0.904. The Hall–Kier alpha value is -0.440. The Morgan fingerprint density at radius 2 is 2.11 bits per heavy atom. The molecule has 0 radical (unpaired) electrons. The van der Waals surface area contributed by atoms with Crippen molar-refractivity contribution in [2.24, 2.45) is 11.8 Å². The third-order valence-corrected chi connectivity index (χ3v) is 3.91. The van der Waals surface area contributed by atoms with Gasteiger partial charge in [-0.05, 0) is 37.1 Å². The number of hydrogen-bond donors (Lipinski definition) is 1. The van der Waals surface area contributed by atoms with Crippen molar-refractivity contribution in [3.05, 3.63) is 28.2 Å². The zero-order valence-corrected chi connectivity index (χ0v) is 12.3. The van der Waals surface area contributed by atoms with Gasteiger partial charge in [-0.25, -0.2) is 0 Å². The molecule has 2 rings (SSSR count). The molecule has 1 N–H and O–H groups in total. The lowest BCUT2D eigenvalue weighted by Crippen LogP contribution is -2.33. The highest BCUT2D eigenvalue weighted by molar-refractivity contribution is 6.35. The Bertz CT molecular complexity index is 403. The van der Waals surface area contributed by atoms with Crippen LogP contribution in [0.15, 0.2) is 18.2 Å². The van der Waals surface area contributed by atoms with Gasteiger partial charge in [0.1, 0.15) is 11.9 Å². The van der Waals surface area contributed by atoms with Gasteiger partial charge in [-0.15, -0.1) is 0 Å². The van der Waals surface area contributed by atoms with Crippen LogP contribution in [0.2, 0.25) is 10.0 Å². The Balaban J connectivity index is 2.12. The highest BCUT2D eigenvalue weighted by atomic mass is 35.5. The fourth-order valence-corrected chi connectivity index (χ4v) is 2.90. The zero-order chi connectivity index (χ0) is 13.1. The lowest BCUT2D eigenvalue weighted by atomic mass is 9.92. The Kier molecular flexibility index (Phi) is 4.77. The maximum Gasteiger partial charge on any atom is 0.138 e. The van der Waals surface area contributed by atoms with Crippen LogP contribution in [0.4, 0.5) is 0 Å². The summed E-state index contributed by atoms with van der Waals surface area (Å²) in [5.74, 6) is 1.74. The van der Waals surface area contributed by atoms with Gasteiger partial charge in [0, 0.05) is 17.5 Å². The van der Waals surface area contributed by atoms with E-state index in [9.17, 15) is 0 Å². The molecule has 1 saturated heterocycles. The maximum atomic E-state index is 6.16. The number of ether oxygens (including phenoxy) is 1. The second kappa shape index (κ2) is 6.14. The largest absolute Gasteiger partial charge is 0.488 e. The molecule has 1 fully saturated rings. The Morgan fingerprint density at radius 3 is 2.67 bits per heavy atom. The van der Waals surface area contributed by atoms with E-state index in [1.807, 2.05) is 12.1 Å². The van der Waals surface area contributed by atoms with Gasteiger partial charge in [-0.2, -0.15) is 0 Å². The van der Waals surface area contributed by atoms with Crippen LogP contribution in [-0.2, 0) is 0 Å². The van der Waals surface area contributed by atoms with Crippen molar-refractivity contribution < 1.29 is 4.74 Å². The van der Waals surface area contributed by atoms with Crippen molar-refractivity contribution in [1.29, 1.82) is 0 Å². The average Bonchev–Trinajstić information content (AvgIpc) is 2.80. The van der Waals surface area contributed by atoms with Gasteiger partial charge in [0.2, 0.25) is 0 Å². The average molecular weight is 288 g/mol. The van der Waals surface area contributed by atoms with Gasteiger partial charge in [-0.3, -0.25) is 0 Å². The van der Waals surface area contributed by atoms with Crippen molar-refractivity contribution in [3.63, 3.8) is 0 Å². The molecule has 1 unspecified atom stereocenters. The minimum atomic E-state index is 0.193. The highest BCUT2D eigenvalue weighted by Gasteiger charge is 2.29. The molecule has 1 aromatic carbocycles. The van der Waals surface area contributed by atoms with Crippen molar-refractivity contribution in [1.82, 2.24) is 5.32 Å². The smallest absolute Gasteiger partial charge is 0.138 e. The van der Waals surface area contributed by atoms with E-state index < -0.39 is 0 Å². The molecule has 0 saturated carbocycles. The summed E-state index contributed by atoms with van der Waals surface area (Å²) < 4.78 is 6.12. The van der Waals surface area contributed by atoms with E-state index in [1.54, 1.807) is 6.07 Å².